The summed E-state index contributed by atoms with van der Waals surface area (Å²) >= 11 is 2.19. The molecule has 0 aliphatic carbocycles. The molecule has 1 heterocycles. The summed E-state index contributed by atoms with van der Waals surface area (Å²) in [6, 6.07) is 11.1. The van der Waals surface area contributed by atoms with Crippen LogP contribution in [0, 0.1) is 10.5 Å². The minimum absolute atomic E-state index is 0.111. The molecule has 3 nitrogen and oxygen atoms in total. The number of benzene rings is 1. The SMILES string of the molecule is Cc1cc(C(=O)Nc2ccccc2I)ccn1. The molecule has 1 amide bonds. The molecule has 0 aliphatic rings. The van der Waals surface area contributed by atoms with Crippen molar-refractivity contribution in [3.63, 3.8) is 0 Å². The van der Waals surface area contributed by atoms with Crippen molar-refractivity contribution in [3.8, 4) is 0 Å². The number of hydrogen-bond donors (Lipinski definition) is 1. The minimum Gasteiger partial charge on any atom is -0.321 e. The minimum atomic E-state index is -0.111. The Morgan fingerprint density at radius 3 is 2.76 bits per heavy atom. The number of pyridine rings is 1. The Bertz CT molecular complexity index is 555. The van der Waals surface area contributed by atoms with Crippen LogP contribution < -0.4 is 5.32 Å². The molecule has 0 bridgehead atoms. The monoisotopic (exact) mass is 338 g/mol. The fourth-order valence-corrected chi connectivity index (χ4v) is 1.97. The van der Waals surface area contributed by atoms with Gasteiger partial charge in [-0.3, -0.25) is 9.78 Å². The van der Waals surface area contributed by atoms with Crippen LogP contribution >= 0.6 is 22.6 Å². The van der Waals surface area contributed by atoms with Crippen LogP contribution in [0.15, 0.2) is 42.6 Å². The summed E-state index contributed by atoms with van der Waals surface area (Å²) in [5.41, 5.74) is 2.28. The van der Waals surface area contributed by atoms with Crippen LogP contribution in [0.25, 0.3) is 0 Å². The van der Waals surface area contributed by atoms with Gasteiger partial charge in [-0.1, -0.05) is 12.1 Å². The molecule has 2 rings (SSSR count). The lowest BCUT2D eigenvalue weighted by Crippen LogP contribution is -2.13. The standard InChI is InChI=1S/C13H11IN2O/c1-9-8-10(6-7-15-9)13(17)16-12-5-3-2-4-11(12)14/h2-8H,1H3,(H,16,17). The highest BCUT2D eigenvalue weighted by molar-refractivity contribution is 14.1. The highest BCUT2D eigenvalue weighted by Gasteiger charge is 2.07. The summed E-state index contributed by atoms with van der Waals surface area (Å²) in [5, 5.41) is 2.88. The summed E-state index contributed by atoms with van der Waals surface area (Å²) in [6.07, 6.45) is 1.64. The average Bonchev–Trinajstić information content (AvgIpc) is 2.32. The Morgan fingerprint density at radius 2 is 2.06 bits per heavy atom. The van der Waals surface area contributed by atoms with E-state index in [4.69, 9.17) is 0 Å². The van der Waals surface area contributed by atoms with Gasteiger partial charge >= 0.3 is 0 Å². The Balaban J connectivity index is 2.20. The van der Waals surface area contributed by atoms with Crippen LogP contribution in [0.1, 0.15) is 16.1 Å². The van der Waals surface area contributed by atoms with Gasteiger partial charge in [-0.05, 0) is 53.8 Å². The number of nitrogens with zero attached hydrogens (tertiary/aromatic N) is 1. The number of carbonyl (C=O) groups excluding carboxylic acids is 1. The van der Waals surface area contributed by atoms with Crippen molar-refractivity contribution in [3.05, 3.63) is 57.4 Å². The Hall–Kier alpha value is -1.43. The molecule has 0 spiro atoms. The first-order valence-corrected chi connectivity index (χ1v) is 6.23. The second kappa shape index (κ2) is 5.27. The molecule has 0 atom stereocenters. The Kier molecular flexibility index (Phi) is 3.73. The third-order valence-corrected chi connectivity index (χ3v) is 3.22. The molecule has 1 N–H and O–H groups in total. The molecule has 0 aliphatic heterocycles. The highest BCUT2D eigenvalue weighted by atomic mass is 127. The van der Waals surface area contributed by atoms with Crippen molar-refractivity contribution in [2.24, 2.45) is 0 Å². The maximum absolute atomic E-state index is 12.0. The number of rotatable bonds is 2. The van der Waals surface area contributed by atoms with E-state index in [-0.39, 0.29) is 5.91 Å². The van der Waals surface area contributed by atoms with Crippen molar-refractivity contribution in [1.82, 2.24) is 4.98 Å². The zero-order chi connectivity index (χ0) is 12.3. The number of hydrogen-bond acceptors (Lipinski definition) is 2. The van der Waals surface area contributed by atoms with Crippen LogP contribution in [-0.4, -0.2) is 10.9 Å². The Labute approximate surface area is 113 Å². The van der Waals surface area contributed by atoms with E-state index < -0.39 is 0 Å². The van der Waals surface area contributed by atoms with E-state index in [0.717, 1.165) is 15.0 Å². The molecule has 0 fully saturated rings. The lowest BCUT2D eigenvalue weighted by molar-refractivity contribution is 0.102. The molecule has 86 valence electrons. The fourth-order valence-electron chi connectivity index (χ4n) is 1.44. The number of aromatic nitrogens is 1. The molecule has 0 saturated carbocycles. The first-order valence-electron chi connectivity index (χ1n) is 5.15. The predicted octanol–water partition coefficient (Wildman–Crippen LogP) is 3.25. The third kappa shape index (κ3) is 3.03. The van der Waals surface area contributed by atoms with Crippen LogP contribution in [0.5, 0.6) is 0 Å². The second-order valence-electron chi connectivity index (χ2n) is 3.62. The normalized spacial score (nSPS) is 10.0. The van der Waals surface area contributed by atoms with Gasteiger partial charge in [0.05, 0.1) is 5.69 Å². The number of anilines is 1. The van der Waals surface area contributed by atoms with E-state index in [2.05, 4.69) is 32.9 Å². The van der Waals surface area contributed by atoms with Crippen LogP contribution in [0.4, 0.5) is 5.69 Å². The molecule has 0 saturated heterocycles. The van der Waals surface area contributed by atoms with Gasteiger partial charge in [0.25, 0.3) is 5.91 Å². The fraction of sp³-hybridized carbons (Fsp3) is 0.0769. The quantitative estimate of drug-likeness (QED) is 0.854. The average molecular weight is 338 g/mol. The summed E-state index contributed by atoms with van der Waals surface area (Å²) in [7, 11) is 0. The van der Waals surface area contributed by atoms with E-state index in [0.29, 0.717) is 5.56 Å². The first-order chi connectivity index (χ1) is 8.16. The van der Waals surface area contributed by atoms with Gasteiger partial charge in [0.1, 0.15) is 0 Å². The molecular weight excluding hydrogens is 327 g/mol. The van der Waals surface area contributed by atoms with E-state index in [9.17, 15) is 4.79 Å². The molecule has 0 unspecified atom stereocenters. The zero-order valence-corrected chi connectivity index (χ0v) is 11.4. The lowest BCUT2D eigenvalue weighted by Gasteiger charge is -2.07. The van der Waals surface area contributed by atoms with Crippen molar-refractivity contribution < 1.29 is 4.79 Å². The van der Waals surface area contributed by atoms with E-state index in [1.165, 1.54) is 0 Å². The number of amides is 1. The summed E-state index contributed by atoms with van der Waals surface area (Å²) in [6.45, 7) is 1.86. The van der Waals surface area contributed by atoms with Crippen LogP contribution in [0.2, 0.25) is 0 Å². The molecule has 17 heavy (non-hydrogen) atoms. The number of halogens is 1. The van der Waals surface area contributed by atoms with Crippen molar-refractivity contribution in [2.75, 3.05) is 5.32 Å². The number of para-hydroxylation sites is 1. The molecule has 4 heteroatoms. The first kappa shape index (κ1) is 12.0. The van der Waals surface area contributed by atoms with Gasteiger partial charge in [-0.2, -0.15) is 0 Å². The largest absolute Gasteiger partial charge is 0.321 e. The number of nitrogens with one attached hydrogen (secondary N) is 1. The van der Waals surface area contributed by atoms with Gasteiger partial charge in [0, 0.05) is 21.0 Å². The number of carbonyl (C=O) groups is 1. The van der Waals surface area contributed by atoms with Crippen molar-refractivity contribution in [1.29, 1.82) is 0 Å². The van der Waals surface area contributed by atoms with Gasteiger partial charge in [-0.15, -0.1) is 0 Å². The van der Waals surface area contributed by atoms with Gasteiger partial charge in [0.2, 0.25) is 0 Å². The van der Waals surface area contributed by atoms with Crippen LogP contribution in [-0.2, 0) is 0 Å². The topological polar surface area (TPSA) is 42.0 Å². The second-order valence-corrected chi connectivity index (χ2v) is 4.78. The van der Waals surface area contributed by atoms with Gasteiger partial charge < -0.3 is 5.32 Å². The Morgan fingerprint density at radius 1 is 1.29 bits per heavy atom. The zero-order valence-electron chi connectivity index (χ0n) is 9.27. The molecule has 2 aromatic rings. The molecular formula is C13H11IN2O. The third-order valence-electron chi connectivity index (χ3n) is 2.28. The molecule has 1 aromatic carbocycles. The summed E-state index contributed by atoms with van der Waals surface area (Å²) in [4.78, 5) is 16.0. The molecule has 1 aromatic heterocycles. The van der Waals surface area contributed by atoms with Crippen molar-refractivity contribution >= 4 is 34.2 Å². The van der Waals surface area contributed by atoms with E-state index in [1.54, 1.807) is 18.3 Å². The number of aryl methyl sites for hydroxylation is 1. The van der Waals surface area contributed by atoms with Crippen molar-refractivity contribution in [2.45, 2.75) is 6.92 Å². The highest BCUT2D eigenvalue weighted by Crippen LogP contribution is 2.17. The van der Waals surface area contributed by atoms with E-state index >= 15 is 0 Å². The lowest BCUT2D eigenvalue weighted by atomic mass is 10.2. The van der Waals surface area contributed by atoms with Gasteiger partial charge in [-0.25, -0.2) is 0 Å². The summed E-state index contributed by atoms with van der Waals surface area (Å²) < 4.78 is 1.02. The van der Waals surface area contributed by atoms with E-state index in [1.807, 2.05) is 31.2 Å². The smallest absolute Gasteiger partial charge is 0.255 e. The van der Waals surface area contributed by atoms with Crippen LogP contribution in [0.3, 0.4) is 0 Å². The van der Waals surface area contributed by atoms with Gasteiger partial charge in [0.15, 0.2) is 0 Å². The maximum Gasteiger partial charge on any atom is 0.255 e. The predicted molar refractivity (Wildman–Crippen MR) is 76.1 cm³/mol. The summed E-state index contributed by atoms with van der Waals surface area (Å²) in [5.74, 6) is -0.111. The molecule has 0 radical (unpaired) electrons. The maximum atomic E-state index is 12.0.